The zero-order valence-corrected chi connectivity index (χ0v) is 11.3. The fraction of sp³-hybridized carbons (Fsp3) is 0.214. The van der Waals surface area contributed by atoms with Crippen LogP contribution in [0.25, 0.3) is 0 Å². The number of carbonyl (C=O) groups is 1. The first kappa shape index (κ1) is 13.8. The number of hydrogen-bond acceptors (Lipinski definition) is 5. The minimum atomic E-state index is -0.270. The van der Waals surface area contributed by atoms with Crippen LogP contribution >= 0.6 is 0 Å². The van der Waals surface area contributed by atoms with Crippen LogP contribution in [-0.2, 0) is 6.54 Å². The summed E-state index contributed by atoms with van der Waals surface area (Å²) in [6.07, 6.45) is 4.42. The quantitative estimate of drug-likeness (QED) is 0.892. The number of ether oxygens (including phenoxy) is 2. The molecule has 6 heteroatoms. The van der Waals surface area contributed by atoms with Crippen molar-refractivity contribution in [3.63, 3.8) is 0 Å². The summed E-state index contributed by atoms with van der Waals surface area (Å²) in [7, 11) is 3.15. The minimum Gasteiger partial charge on any atom is -0.493 e. The molecule has 1 aromatic heterocycles. The number of amides is 1. The van der Waals surface area contributed by atoms with E-state index in [9.17, 15) is 4.79 Å². The number of nitrogens with one attached hydrogen (secondary N) is 1. The molecule has 0 aliphatic heterocycles. The molecule has 0 unspecified atom stereocenters. The van der Waals surface area contributed by atoms with Crippen molar-refractivity contribution in [2.45, 2.75) is 6.54 Å². The largest absolute Gasteiger partial charge is 0.493 e. The lowest BCUT2D eigenvalue weighted by Crippen LogP contribution is -2.23. The van der Waals surface area contributed by atoms with Crippen molar-refractivity contribution in [3.8, 4) is 11.5 Å². The summed E-state index contributed by atoms with van der Waals surface area (Å²) in [5, 5.41) is 2.77. The third kappa shape index (κ3) is 3.23. The van der Waals surface area contributed by atoms with Crippen molar-refractivity contribution in [3.05, 3.63) is 48.0 Å². The monoisotopic (exact) mass is 273 g/mol. The van der Waals surface area contributed by atoms with Gasteiger partial charge in [-0.2, -0.15) is 0 Å². The van der Waals surface area contributed by atoms with Crippen molar-refractivity contribution in [1.29, 1.82) is 0 Å². The van der Waals surface area contributed by atoms with E-state index in [1.54, 1.807) is 20.3 Å². The van der Waals surface area contributed by atoms with Gasteiger partial charge in [0.15, 0.2) is 11.5 Å². The van der Waals surface area contributed by atoms with Gasteiger partial charge < -0.3 is 14.8 Å². The standard InChI is InChI=1S/C14H15N3O3/c1-19-12-4-3-10(7-13(12)20-2)8-17-14(18)11-9-15-5-6-16-11/h3-7,9H,8H2,1-2H3,(H,17,18). The van der Waals surface area contributed by atoms with E-state index in [0.29, 0.717) is 18.0 Å². The average Bonchev–Trinajstić information content (AvgIpc) is 2.53. The zero-order chi connectivity index (χ0) is 14.4. The van der Waals surface area contributed by atoms with Crippen LogP contribution in [-0.4, -0.2) is 30.1 Å². The molecule has 20 heavy (non-hydrogen) atoms. The molecule has 0 saturated heterocycles. The number of methoxy groups -OCH3 is 2. The molecular formula is C14H15N3O3. The van der Waals surface area contributed by atoms with E-state index in [1.165, 1.54) is 18.6 Å². The third-order valence-electron chi connectivity index (χ3n) is 2.70. The summed E-state index contributed by atoms with van der Waals surface area (Å²) in [5.74, 6) is 1.00. The van der Waals surface area contributed by atoms with Crippen molar-refractivity contribution < 1.29 is 14.3 Å². The van der Waals surface area contributed by atoms with Crippen LogP contribution in [0, 0.1) is 0 Å². The van der Waals surface area contributed by atoms with Crippen LogP contribution in [0.15, 0.2) is 36.8 Å². The van der Waals surface area contributed by atoms with E-state index in [0.717, 1.165) is 5.56 Å². The van der Waals surface area contributed by atoms with Gasteiger partial charge in [0, 0.05) is 18.9 Å². The van der Waals surface area contributed by atoms with Gasteiger partial charge in [0.05, 0.1) is 20.4 Å². The summed E-state index contributed by atoms with van der Waals surface area (Å²) in [6, 6.07) is 5.47. The number of benzene rings is 1. The molecule has 2 aromatic rings. The molecule has 0 radical (unpaired) electrons. The van der Waals surface area contributed by atoms with Gasteiger partial charge in [0.25, 0.3) is 5.91 Å². The number of carbonyl (C=O) groups excluding carboxylic acids is 1. The van der Waals surface area contributed by atoms with E-state index in [4.69, 9.17) is 9.47 Å². The summed E-state index contributed by atoms with van der Waals surface area (Å²) in [4.78, 5) is 19.6. The highest BCUT2D eigenvalue weighted by molar-refractivity contribution is 5.91. The van der Waals surface area contributed by atoms with E-state index in [1.807, 2.05) is 12.1 Å². The molecule has 2 rings (SSSR count). The van der Waals surface area contributed by atoms with Gasteiger partial charge in [-0.3, -0.25) is 9.78 Å². The predicted octanol–water partition coefficient (Wildman–Crippen LogP) is 1.42. The Kier molecular flexibility index (Phi) is 4.49. The number of nitrogens with zero attached hydrogens (tertiary/aromatic N) is 2. The van der Waals surface area contributed by atoms with E-state index in [-0.39, 0.29) is 11.6 Å². The van der Waals surface area contributed by atoms with Crippen LogP contribution < -0.4 is 14.8 Å². The Morgan fingerprint density at radius 1 is 1.20 bits per heavy atom. The second-order valence-corrected chi connectivity index (χ2v) is 3.96. The molecule has 1 heterocycles. The van der Waals surface area contributed by atoms with Crippen molar-refractivity contribution in [1.82, 2.24) is 15.3 Å². The van der Waals surface area contributed by atoms with Gasteiger partial charge in [-0.25, -0.2) is 4.98 Å². The third-order valence-corrected chi connectivity index (χ3v) is 2.70. The summed E-state index contributed by atoms with van der Waals surface area (Å²) in [6.45, 7) is 0.371. The second-order valence-electron chi connectivity index (χ2n) is 3.96. The van der Waals surface area contributed by atoms with Crippen LogP contribution in [0.1, 0.15) is 16.1 Å². The molecule has 0 bridgehead atoms. The Hall–Kier alpha value is -2.63. The summed E-state index contributed by atoms with van der Waals surface area (Å²) >= 11 is 0. The predicted molar refractivity (Wildman–Crippen MR) is 72.7 cm³/mol. The van der Waals surface area contributed by atoms with Gasteiger partial charge in [-0.1, -0.05) is 6.07 Å². The second kappa shape index (κ2) is 6.51. The van der Waals surface area contributed by atoms with Crippen molar-refractivity contribution in [2.75, 3.05) is 14.2 Å². The maximum Gasteiger partial charge on any atom is 0.271 e. The van der Waals surface area contributed by atoms with E-state index >= 15 is 0 Å². The van der Waals surface area contributed by atoms with Gasteiger partial charge in [0.2, 0.25) is 0 Å². The van der Waals surface area contributed by atoms with Gasteiger partial charge >= 0.3 is 0 Å². The zero-order valence-electron chi connectivity index (χ0n) is 11.3. The maximum absolute atomic E-state index is 11.8. The van der Waals surface area contributed by atoms with Gasteiger partial charge in [-0.15, -0.1) is 0 Å². The normalized spacial score (nSPS) is 9.90. The lowest BCUT2D eigenvalue weighted by molar-refractivity contribution is 0.0945. The highest BCUT2D eigenvalue weighted by Crippen LogP contribution is 2.27. The molecule has 1 amide bonds. The molecule has 0 aliphatic carbocycles. The molecule has 0 fully saturated rings. The number of rotatable bonds is 5. The van der Waals surface area contributed by atoms with Gasteiger partial charge in [0.1, 0.15) is 5.69 Å². The molecule has 0 saturated carbocycles. The fourth-order valence-corrected chi connectivity index (χ4v) is 1.68. The molecule has 1 N–H and O–H groups in total. The van der Waals surface area contributed by atoms with Crippen LogP contribution in [0.2, 0.25) is 0 Å². The van der Waals surface area contributed by atoms with Crippen LogP contribution in [0.5, 0.6) is 11.5 Å². The van der Waals surface area contributed by atoms with E-state index in [2.05, 4.69) is 15.3 Å². The molecule has 6 nitrogen and oxygen atoms in total. The molecule has 0 spiro atoms. The first-order valence-corrected chi connectivity index (χ1v) is 5.99. The lowest BCUT2D eigenvalue weighted by atomic mass is 10.2. The average molecular weight is 273 g/mol. The SMILES string of the molecule is COc1ccc(CNC(=O)c2cnccn2)cc1OC. The Labute approximate surface area is 116 Å². The Bertz CT molecular complexity index is 587. The molecular weight excluding hydrogens is 258 g/mol. The van der Waals surface area contributed by atoms with Crippen molar-refractivity contribution >= 4 is 5.91 Å². The molecule has 104 valence electrons. The summed E-state index contributed by atoms with van der Waals surface area (Å²) in [5.41, 5.74) is 1.19. The Balaban J connectivity index is 2.02. The van der Waals surface area contributed by atoms with Crippen LogP contribution in [0.3, 0.4) is 0 Å². The molecule has 1 aromatic carbocycles. The Morgan fingerprint density at radius 3 is 2.65 bits per heavy atom. The first-order chi connectivity index (χ1) is 9.74. The highest BCUT2D eigenvalue weighted by Gasteiger charge is 2.08. The minimum absolute atomic E-state index is 0.270. The highest BCUT2D eigenvalue weighted by atomic mass is 16.5. The Morgan fingerprint density at radius 2 is 2.00 bits per heavy atom. The number of aromatic nitrogens is 2. The molecule has 0 aliphatic rings. The summed E-state index contributed by atoms with van der Waals surface area (Å²) < 4.78 is 10.4. The smallest absolute Gasteiger partial charge is 0.271 e. The van der Waals surface area contributed by atoms with Gasteiger partial charge in [-0.05, 0) is 17.7 Å². The van der Waals surface area contributed by atoms with E-state index < -0.39 is 0 Å². The fourth-order valence-electron chi connectivity index (χ4n) is 1.68. The molecule has 0 atom stereocenters. The maximum atomic E-state index is 11.8. The van der Waals surface area contributed by atoms with Crippen LogP contribution in [0.4, 0.5) is 0 Å². The lowest BCUT2D eigenvalue weighted by Gasteiger charge is -2.10. The number of hydrogen-bond donors (Lipinski definition) is 1. The van der Waals surface area contributed by atoms with Crippen molar-refractivity contribution in [2.24, 2.45) is 0 Å². The first-order valence-electron chi connectivity index (χ1n) is 5.99. The topological polar surface area (TPSA) is 73.3 Å².